The van der Waals surface area contributed by atoms with E-state index in [2.05, 4.69) is 48.3 Å². The predicted molar refractivity (Wildman–Crippen MR) is 86.4 cm³/mol. The van der Waals surface area contributed by atoms with Gasteiger partial charge in [0.05, 0.1) is 0 Å². The molecule has 0 aromatic heterocycles. The molecule has 1 N–H and O–H groups in total. The molecule has 2 heterocycles. The predicted octanol–water partition coefficient (Wildman–Crippen LogP) is 4.10. The molecular formula is C18H28N2. The van der Waals surface area contributed by atoms with Gasteiger partial charge >= 0.3 is 0 Å². The molecule has 1 aromatic rings. The van der Waals surface area contributed by atoms with E-state index in [1.807, 2.05) is 0 Å². The van der Waals surface area contributed by atoms with Crippen molar-refractivity contribution in [3.05, 3.63) is 29.8 Å². The fourth-order valence-corrected chi connectivity index (χ4v) is 4.06. The van der Waals surface area contributed by atoms with E-state index in [-0.39, 0.29) is 0 Å². The van der Waals surface area contributed by atoms with E-state index in [0.29, 0.717) is 5.41 Å². The molecule has 2 aliphatic rings. The number of likely N-dealkylation sites (tertiary alicyclic amines) is 1. The number of fused-ring (bicyclic) bond motifs is 1. The molecule has 0 spiro atoms. The second-order valence-electron chi connectivity index (χ2n) is 6.69. The first-order valence-corrected chi connectivity index (χ1v) is 8.31. The van der Waals surface area contributed by atoms with E-state index in [9.17, 15) is 0 Å². The van der Waals surface area contributed by atoms with Gasteiger partial charge in [-0.1, -0.05) is 32.0 Å². The standard InChI is InChI=1S/C18H28N2/c1-3-18(4-2)10-12-20(14-18)13-15-9-11-19-17-8-6-5-7-16(15)17/h5-8,15,19H,3-4,9-14H2,1-2H3. The summed E-state index contributed by atoms with van der Waals surface area (Å²) in [6.45, 7) is 9.72. The third-order valence-corrected chi connectivity index (χ3v) is 5.70. The van der Waals surface area contributed by atoms with E-state index in [4.69, 9.17) is 0 Å². The Hall–Kier alpha value is -1.02. The van der Waals surface area contributed by atoms with Crippen LogP contribution in [0.1, 0.15) is 51.0 Å². The van der Waals surface area contributed by atoms with Gasteiger partial charge in [-0.15, -0.1) is 0 Å². The van der Waals surface area contributed by atoms with Crippen LogP contribution in [-0.4, -0.2) is 31.1 Å². The van der Waals surface area contributed by atoms with Crippen molar-refractivity contribution in [1.29, 1.82) is 0 Å². The van der Waals surface area contributed by atoms with Gasteiger partial charge in [-0.25, -0.2) is 0 Å². The van der Waals surface area contributed by atoms with Crippen LogP contribution in [0.3, 0.4) is 0 Å². The summed E-state index contributed by atoms with van der Waals surface area (Å²) in [7, 11) is 0. The Labute approximate surface area is 123 Å². The molecule has 3 rings (SSSR count). The Balaban J connectivity index is 1.68. The minimum Gasteiger partial charge on any atom is -0.385 e. The first-order chi connectivity index (χ1) is 9.76. The van der Waals surface area contributed by atoms with E-state index < -0.39 is 0 Å². The lowest BCUT2D eigenvalue weighted by atomic mass is 9.82. The Morgan fingerprint density at radius 2 is 2.05 bits per heavy atom. The highest BCUT2D eigenvalue weighted by molar-refractivity contribution is 5.54. The number of hydrogen-bond donors (Lipinski definition) is 1. The van der Waals surface area contributed by atoms with Gasteiger partial charge in [0.25, 0.3) is 0 Å². The van der Waals surface area contributed by atoms with Gasteiger partial charge in [0, 0.05) is 31.2 Å². The second kappa shape index (κ2) is 5.77. The summed E-state index contributed by atoms with van der Waals surface area (Å²) >= 11 is 0. The number of nitrogens with zero attached hydrogens (tertiary/aromatic N) is 1. The van der Waals surface area contributed by atoms with Crippen molar-refractivity contribution in [2.45, 2.75) is 45.4 Å². The molecule has 2 aliphatic heterocycles. The van der Waals surface area contributed by atoms with Crippen LogP contribution < -0.4 is 5.32 Å². The molecule has 1 fully saturated rings. The monoisotopic (exact) mass is 272 g/mol. The van der Waals surface area contributed by atoms with E-state index in [1.165, 1.54) is 56.6 Å². The zero-order chi connectivity index (χ0) is 14.0. The maximum Gasteiger partial charge on any atom is 0.0376 e. The van der Waals surface area contributed by atoms with Crippen molar-refractivity contribution in [2.75, 3.05) is 31.5 Å². The summed E-state index contributed by atoms with van der Waals surface area (Å²) in [5.41, 5.74) is 3.50. The maximum absolute atomic E-state index is 3.54. The van der Waals surface area contributed by atoms with Gasteiger partial charge in [-0.05, 0) is 49.3 Å². The lowest BCUT2D eigenvalue weighted by Gasteiger charge is -2.31. The zero-order valence-corrected chi connectivity index (χ0v) is 13.0. The first kappa shape index (κ1) is 13.9. The summed E-state index contributed by atoms with van der Waals surface area (Å²) in [5, 5.41) is 3.54. The van der Waals surface area contributed by atoms with Crippen molar-refractivity contribution in [3.8, 4) is 0 Å². The zero-order valence-electron chi connectivity index (χ0n) is 13.0. The number of anilines is 1. The normalized spacial score (nSPS) is 25.2. The third kappa shape index (κ3) is 2.58. The second-order valence-corrected chi connectivity index (χ2v) is 6.69. The Kier molecular flexibility index (Phi) is 4.02. The van der Waals surface area contributed by atoms with Gasteiger partial charge < -0.3 is 10.2 Å². The molecule has 1 unspecified atom stereocenters. The molecule has 0 radical (unpaired) electrons. The minimum absolute atomic E-state index is 0.604. The lowest BCUT2D eigenvalue weighted by Crippen LogP contribution is -2.32. The molecule has 1 aromatic carbocycles. The molecule has 0 saturated carbocycles. The van der Waals surface area contributed by atoms with Crippen molar-refractivity contribution in [3.63, 3.8) is 0 Å². The van der Waals surface area contributed by atoms with Crippen LogP contribution in [0.4, 0.5) is 5.69 Å². The highest BCUT2D eigenvalue weighted by Crippen LogP contribution is 2.39. The smallest absolute Gasteiger partial charge is 0.0376 e. The number of rotatable bonds is 4. The van der Waals surface area contributed by atoms with Crippen molar-refractivity contribution < 1.29 is 0 Å². The molecule has 2 nitrogen and oxygen atoms in total. The van der Waals surface area contributed by atoms with Crippen molar-refractivity contribution >= 4 is 5.69 Å². The van der Waals surface area contributed by atoms with Crippen LogP contribution in [0, 0.1) is 5.41 Å². The minimum atomic E-state index is 0.604. The molecule has 0 aliphatic carbocycles. The van der Waals surface area contributed by atoms with E-state index in [1.54, 1.807) is 0 Å². The molecule has 20 heavy (non-hydrogen) atoms. The number of para-hydroxylation sites is 1. The van der Waals surface area contributed by atoms with Crippen LogP contribution in [0.5, 0.6) is 0 Å². The summed E-state index contributed by atoms with van der Waals surface area (Å²) in [6.07, 6.45) is 5.34. The third-order valence-electron chi connectivity index (χ3n) is 5.70. The number of hydrogen-bond acceptors (Lipinski definition) is 2. The van der Waals surface area contributed by atoms with Crippen LogP contribution in [-0.2, 0) is 0 Å². The van der Waals surface area contributed by atoms with Crippen LogP contribution >= 0.6 is 0 Å². The van der Waals surface area contributed by atoms with Gasteiger partial charge in [0.1, 0.15) is 0 Å². The van der Waals surface area contributed by atoms with E-state index in [0.717, 1.165) is 12.5 Å². The average molecular weight is 272 g/mol. The SMILES string of the molecule is CCC1(CC)CCN(CC2CCNc3ccccc32)C1. The fourth-order valence-electron chi connectivity index (χ4n) is 4.06. The molecule has 1 atom stereocenters. The van der Waals surface area contributed by atoms with Gasteiger partial charge in [0.2, 0.25) is 0 Å². The molecule has 0 bridgehead atoms. The van der Waals surface area contributed by atoms with Gasteiger partial charge in [-0.3, -0.25) is 0 Å². The topological polar surface area (TPSA) is 15.3 Å². The summed E-state index contributed by atoms with van der Waals surface area (Å²) in [6, 6.07) is 8.87. The van der Waals surface area contributed by atoms with Crippen LogP contribution in [0.25, 0.3) is 0 Å². The summed E-state index contributed by atoms with van der Waals surface area (Å²) < 4.78 is 0. The maximum atomic E-state index is 3.54. The fraction of sp³-hybridized carbons (Fsp3) is 0.667. The number of benzene rings is 1. The summed E-state index contributed by atoms with van der Waals surface area (Å²) in [4.78, 5) is 2.72. The largest absolute Gasteiger partial charge is 0.385 e. The highest BCUT2D eigenvalue weighted by Gasteiger charge is 2.36. The van der Waals surface area contributed by atoms with E-state index >= 15 is 0 Å². The van der Waals surface area contributed by atoms with Gasteiger partial charge in [-0.2, -0.15) is 0 Å². The van der Waals surface area contributed by atoms with Crippen molar-refractivity contribution in [1.82, 2.24) is 4.90 Å². The lowest BCUT2D eigenvalue weighted by molar-refractivity contribution is 0.230. The highest BCUT2D eigenvalue weighted by atomic mass is 15.2. The average Bonchev–Trinajstić information content (AvgIpc) is 2.92. The molecule has 2 heteroatoms. The molecular weight excluding hydrogens is 244 g/mol. The van der Waals surface area contributed by atoms with Crippen LogP contribution in [0.2, 0.25) is 0 Å². The molecule has 110 valence electrons. The summed E-state index contributed by atoms with van der Waals surface area (Å²) in [5.74, 6) is 0.719. The Bertz CT molecular complexity index is 450. The molecule has 0 amide bonds. The van der Waals surface area contributed by atoms with Crippen molar-refractivity contribution in [2.24, 2.45) is 5.41 Å². The first-order valence-electron chi connectivity index (χ1n) is 8.31. The quantitative estimate of drug-likeness (QED) is 0.888. The van der Waals surface area contributed by atoms with Gasteiger partial charge in [0.15, 0.2) is 0 Å². The molecule has 1 saturated heterocycles. The Morgan fingerprint density at radius 1 is 1.25 bits per heavy atom. The number of nitrogens with one attached hydrogen (secondary N) is 1. The Morgan fingerprint density at radius 3 is 2.80 bits per heavy atom. The van der Waals surface area contributed by atoms with Crippen LogP contribution in [0.15, 0.2) is 24.3 Å².